The van der Waals surface area contributed by atoms with Gasteiger partial charge in [-0.2, -0.15) is 0 Å². The minimum atomic E-state index is 0.254. The summed E-state index contributed by atoms with van der Waals surface area (Å²) in [5, 5.41) is 0. The summed E-state index contributed by atoms with van der Waals surface area (Å²) in [7, 11) is 0. The van der Waals surface area contributed by atoms with E-state index in [2.05, 4.69) is 273 Å². The zero-order valence-corrected chi connectivity index (χ0v) is 56.1. The van der Waals surface area contributed by atoms with E-state index in [1.165, 1.54) is 89.0 Å². The summed E-state index contributed by atoms with van der Waals surface area (Å²) in [6.07, 6.45) is 9.32. The van der Waals surface area contributed by atoms with Crippen molar-refractivity contribution in [1.82, 2.24) is 19.9 Å². The van der Waals surface area contributed by atoms with Gasteiger partial charge in [-0.15, -0.1) is 0 Å². The van der Waals surface area contributed by atoms with Gasteiger partial charge < -0.3 is 9.97 Å². The number of hydrogen-bond donors (Lipinski definition) is 2. The Hall–Kier alpha value is -6.52. The van der Waals surface area contributed by atoms with Crippen molar-refractivity contribution >= 4 is 46.4 Å². The van der Waals surface area contributed by atoms with Gasteiger partial charge in [0.15, 0.2) is 0 Å². The number of fused-ring (bicyclic) bond motifs is 8. The first-order valence-electron chi connectivity index (χ1n) is 32.5. The first-order valence-corrected chi connectivity index (χ1v) is 32.5. The number of rotatable bonds is 16. The van der Waals surface area contributed by atoms with E-state index in [0.717, 1.165) is 67.1 Å². The highest BCUT2D eigenvalue weighted by Crippen LogP contribution is 2.49. The molecule has 7 aromatic rings. The number of aromatic nitrogens is 4. The van der Waals surface area contributed by atoms with Gasteiger partial charge in [0, 0.05) is 44.3 Å². The third kappa shape index (κ3) is 11.7. The van der Waals surface area contributed by atoms with Crippen molar-refractivity contribution in [2.45, 2.75) is 237 Å². The highest BCUT2D eigenvalue weighted by molar-refractivity contribution is 6.02. The maximum Gasteiger partial charge on any atom is 0.0737 e. The monoisotopic (exact) mass is 1120 g/mol. The molecular weight excluding hydrogens is 1020 g/mol. The molecule has 3 aromatic heterocycles. The minimum Gasteiger partial charge on any atom is -0.354 e. The third-order valence-corrected chi connectivity index (χ3v) is 18.3. The molecule has 0 amide bonds. The first-order chi connectivity index (χ1) is 39.6. The van der Waals surface area contributed by atoms with Gasteiger partial charge in [0.05, 0.1) is 22.8 Å². The average molecular weight is 1120 g/mol. The Balaban J connectivity index is 1.64. The van der Waals surface area contributed by atoms with Crippen molar-refractivity contribution < 1.29 is 0 Å². The summed E-state index contributed by atoms with van der Waals surface area (Å²) >= 11 is 0. The van der Waals surface area contributed by atoms with E-state index in [1.54, 1.807) is 0 Å². The van der Waals surface area contributed by atoms with Crippen LogP contribution in [0.1, 0.15) is 327 Å². The molecule has 4 heteroatoms. The quantitative estimate of drug-likeness (QED) is 0.101. The van der Waals surface area contributed by atoms with Crippen molar-refractivity contribution in [3.8, 4) is 44.5 Å². The molecule has 0 radical (unpaired) electrons. The molecule has 8 bridgehead atoms. The Kier molecular flexibility index (Phi) is 18.1. The second-order valence-electron chi connectivity index (χ2n) is 28.7. The van der Waals surface area contributed by atoms with Gasteiger partial charge in [0.1, 0.15) is 0 Å². The number of nitrogens with zero attached hydrogens (tertiary/aromatic N) is 2. The number of hydrogen-bond acceptors (Lipinski definition) is 2. The summed E-state index contributed by atoms with van der Waals surface area (Å²) in [6.45, 7) is 56.6. The molecule has 0 saturated heterocycles. The topological polar surface area (TPSA) is 57.4 Å². The molecule has 0 aliphatic carbocycles. The molecule has 0 fully saturated rings. The number of benzene rings is 4. The normalized spacial score (nSPS) is 13.0. The first kappa shape index (κ1) is 62.0. The third-order valence-electron chi connectivity index (χ3n) is 18.3. The van der Waals surface area contributed by atoms with E-state index in [-0.39, 0.29) is 47.3 Å². The van der Waals surface area contributed by atoms with Gasteiger partial charge in [0.2, 0.25) is 0 Å². The molecule has 442 valence electrons. The van der Waals surface area contributed by atoms with Crippen LogP contribution >= 0.6 is 0 Å². The summed E-state index contributed by atoms with van der Waals surface area (Å²) in [6, 6.07) is 29.4. The Morgan fingerprint density at radius 2 is 0.369 bits per heavy atom. The van der Waals surface area contributed by atoms with Crippen molar-refractivity contribution in [1.29, 1.82) is 0 Å². The molecule has 0 unspecified atom stereocenters. The van der Waals surface area contributed by atoms with Gasteiger partial charge >= 0.3 is 0 Å². The molecule has 0 spiro atoms. The standard InChI is InChI=1S/C80H102N4/c1-41(2)53-33-57(45(9)10)73(58(34-53)46(11)12)77-65-25-27-67(81-65)78(74-59(47(13)14)35-54(42(3)4)36-60(74)48(15)16)69-29-31-71(83-69)80(76-63(51(21)22)39-56(44(7)8)40-64(76)52(23)24)72-32-30-70(84-72)79(68-28-26-66(77)82-68)75-61(49(17)18)37-55(43(5)6)38-62(75)50(19)20/h25-52,81,84H,1-24H3. The van der Waals surface area contributed by atoms with E-state index >= 15 is 0 Å². The van der Waals surface area contributed by atoms with Crippen LogP contribution in [0.4, 0.5) is 0 Å². The zero-order chi connectivity index (χ0) is 61.2. The van der Waals surface area contributed by atoms with Gasteiger partial charge in [0.25, 0.3) is 0 Å². The lowest BCUT2D eigenvalue weighted by Gasteiger charge is -2.24. The second kappa shape index (κ2) is 24.5. The van der Waals surface area contributed by atoms with Crippen molar-refractivity contribution in [2.24, 2.45) is 0 Å². The van der Waals surface area contributed by atoms with Crippen LogP contribution in [-0.4, -0.2) is 19.9 Å². The Morgan fingerprint density at radius 1 is 0.214 bits per heavy atom. The Labute approximate surface area is 507 Å². The fourth-order valence-electron chi connectivity index (χ4n) is 13.2. The summed E-state index contributed by atoms with van der Waals surface area (Å²) in [4.78, 5) is 20.7. The van der Waals surface area contributed by atoms with Crippen molar-refractivity contribution in [3.63, 3.8) is 0 Å². The molecule has 84 heavy (non-hydrogen) atoms. The molecule has 0 saturated carbocycles. The number of aromatic amines is 2. The van der Waals surface area contributed by atoms with Crippen LogP contribution in [0.2, 0.25) is 0 Å². The Morgan fingerprint density at radius 3 is 0.500 bits per heavy atom. The number of nitrogens with one attached hydrogen (secondary N) is 2. The molecule has 4 nitrogen and oxygen atoms in total. The molecule has 2 aliphatic heterocycles. The summed E-state index contributed by atoms with van der Waals surface area (Å²) in [5.41, 5.74) is 34.1. The van der Waals surface area contributed by atoms with Crippen LogP contribution in [0, 0.1) is 0 Å². The molecule has 4 aromatic carbocycles. The van der Waals surface area contributed by atoms with Gasteiger partial charge in [-0.25, -0.2) is 9.97 Å². The van der Waals surface area contributed by atoms with Gasteiger partial charge in [-0.05, 0) is 209 Å². The lowest BCUT2D eigenvalue weighted by Crippen LogP contribution is -2.06. The minimum absolute atomic E-state index is 0.254. The molecule has 0 atom stereocenters. The van der Waals surface area contributed by atoms with Crippen LogP contribution in [0.5, 0.6) is 0 Å². The molecule has 2 aliphatic rings. The molecule has 2 N–H and O–H groups in total. The average Bonchev–Trinajstić information content (AvgIpc) is 2.15. The van der Waals surface area contributed by atoms with E-state index in [9.17, 15) is 0 Å². The smallest absolute Gasteiger partial charge is 0.0737 e. The van der Waals surface area contributed by atoms with Crippen LogP contribution in [-0.2, 0) is 0 Å². The predicted molar refractivity (Wildman–Crippen MR) is 370 cm³/mol. The van der Waals surface area contributed by atoms with E-state index in [4.69, 9.17) is 9.97 Å². The highest BCUT2D eigenvalue weighted by Gasteiger charge is 2.30. The maximum atomic E-state index is 6.07. The van der Waals surface area contributed by atoms with Crippen LogP contribution in [0.25, 0.3) is 90.9 Å². The second-order valence-corrected chi connectivity index (χ2v) is 28.7. The van der Waals surface area contributed by atoms with E-state index in [1.807, 2.05) is 0 Å². The van der Waals surface area contributed by atoms with Crippen molar-refractivity contribution in [2.75, 3.05) is 0 Å². The van der Waals surface area contributed by atoms with Crippen LogP contribution in [0.3, 0.4) is 0 Å². The molecule has 5 heterocycles. The van der Waals surface area contributed by atoms with Crippen LogP contribution < -0.4 is 0 Å². The summed E-state index contributed by atoms with van der Waals surface area (Å²) < 4.78 is 0. The summed E-state index contributed by atoms with van der Waals surface area (Å²) in [5.74, 6) is 3.55. The van der Waals surface area contributed by atoms with Gasteiger partial charge in [-0.3, -0.25) is 0 Å². The van der Waals surface area contributed by atoms with Crippen molar-refractivity contribution in [3.05, 3.63) is 162 Å². The number of H-pyrrole nitrogens is 2. The fourth-order valence-corrected chi connectivity index (χ4v) is 13.2. The van der Waals surface area contributed by atoms with E-state index in [0.29, 0.717) is 23.7 Å². The van der Waals surface area contributed by atoms with Gasteiger partial charge in [-0.1, -0.05) is 215 Å². The lowest BCUT2D eigenvalue weighted by atomic mass is 9.81. The predicted octanol–water partition coefficient (Wildman–Crippen LogP) is 24.8. The molecular formula is C80H102N4. The fraction of sp³-hybridized carbons (Fsp3) is 0.450. The Bertz CT molecular complexity index is 3250. The largest absolute Gasteiger partial charge is 0.354 e. The lowest BCUT2D eigenvalue weighted by molar-refractivity contribution is 0.807. The SMILES string of the molecule is CC(C)c1cc(C(C)C)c(-c2c3nc(c(-c4c(C(C)C)cc(C(C)C)cc4C(C)C)c4ccc([nH]4)c(-c4c(C(C)C)cc(C(C)C)cc4C(C)C)c4nc(c(-c5c(C(C)C)cc(C(C)C)cc5C(C)C)c5ccc2[nH]5)C=C4)C=C3)c(C(C)C)c1. The zero-order valence-electron chi connectivity index (χ0n) is 56.1. The van der Waals surface area contributed by atoms with E-state index < -0.39 is 0 Å². The highest BCUT2D eigenvalue weighted by atomic mass is 14.8. The maximum absolute atomic E-state index is 6.07. The van der Waals surface area contributed by atoms with Crippen LogP contribution in [0.15, 0.2) is 72.8 Å². The molecule has 9 rings (SSSR count).